The van der Waals surface area contributed by atoms with Crippen molar-refractivity contribution in [2.45, 2.75) is 32.8 Å². The van der Waals surface area contributed by atoms with Crippen molar-refractivity contribution in [3.8, 4) is 0 Å². The summed E-state index contributed by atoms with van der Waals surface area (Å²) in [6.45, 7) is -0.422. The molecule has 1 aliphatic carbocycles. The maximum Gasteiger partial charge on any atom is 0.345 e. The van der Waals surface area contributed by atoms with Crippen LogP contribution in [0, 0.1) is 11.8 Å². The van der Waals surface area contributed by atoms with Crippen molar-refractivity contribution >= 4 is 0 Å². The van der Waals surface area contributed by atoms with Crippen molar-refractivity contribution in [1.82, 2.24) is 0 Å². The summed E-state index contributed by atoms with van der Waals surface area (Å²) >= 11 is 0. The lowest BCUT2D eigenvalue weighted by atomic mass is 10.0. The largest absolute Gasteiger partial charge is 0.345 e. The highest BCUT2D eigenvalue weighted by atomic mass is 19.3. The molecular weight excluding hydrogens is 150 g/mol. The van der Waals surface area contributed by atoms with E-state index in [-0.39, 0.29) is 6.61 Å². The molecule has 1 nitrogen and oxygen atoms in total. The summed E-state index contributed by atoms with van der Waals surface area (Å²) in [5, 5.41) is 0. The number of alkyl halides is 2. The summed E-state index contributed by atoms with van der Waals surface area (Å²) in [6.07, 6.45) is 3.16. The number of hydrogen-bond acceptors (Lipinski definition) is 1. The predicted octanol–water partition coefficient (Wildman–Crippen LogP) is 2.62. The van der Waals surface area contributed by atoms with Crippen molar-refractivity contribution in [2.24, 2.45) is 5.92 Å². The highest BCUT2D eigenvalue weighted by Gasteiger charge is 2.27. The van der Waals surface area contributed by atoms with Gasteiger partial charge in [-0.15, -0.1) is 0 Å². The van der Waals surface area contributed by atoms with Crippen LogP contribution in [0.25, 0.3) is 0 Å². The van der Waals surface area contributed by atoms with E-state index < -0.39 is 6.61 Å². The Labute approximate surface area is 65.7 Å². The van der Waals surface area contributed by atoms with E-state index in [4.69, 9.17) is 0 Å². The Morgan fingerprint density at radius 3 is 2.64 bits per heavy atom. The molecule has 0 atom stereocenters. The minimum absolute atomic E-state index is 0.167. The molecule has 0 bridgehead atoms. The molecule has 0 spiro atoms. The van der Waals surface area contributed by atoms with Gasteiger partial charge in [-0.05, 0) is 31.1 Å². The molecule has 1 radical (unpaired) electrons. The lowest BCUT2D eigenvalue weighted by Gasteiger charge is -2.08. The van der Waals surface area contributed by atoms with E-state index in [9.17, 15) is 8.78 Å². The standard InChI is InChI=1S/C8H13F2O/c1-6(7-2-3-7)4-5-11-8(9)10/h7-8H,2-5H2,1H3. The van der Waals surface area contributed by atoms with E-state index in [0.717, 1.165) is 0 Å². The van der Waals surface area contributed by atoms with Gasteiger partial charge in [-0.1, -0.05) is 6.92 Å². The smallest absolute Gasteiger partial charge is 0.323 e. The van der Waals surface area contributed by atoms with Crippen LogP contribution in [0.15, 0.2) is 0 Å². The fourth-order valence-electron chi connectivity index (χ4n) is 1.09. The van der Waals surface area contributed by atoms with Gasteiger partial charge in [0.15, 0.2) is 0 Å². The van der Waals surface area contributed by atoms with E-state index in [2.05, 4.69) is 4.74 Å². The highest BCUT2D eigenvalue weighted by Crippen LogP contribution is 2.39. The molecule has 0 aliphatic heterocycles. The Balaban J connectivity index is 1.93. The molecule has 1 aliphatic rings. The van der Waals surface area contributed by atoms with E-state index >= 15 is 0 Å². The second-order valence-electron chi connectivity index (χ2n) is 3.00. The second kappa shape index (κ2) is 4.00. The summed E-state index contributed by atoms with van der Waals surface area (Å²) < 4.78 is 27.1. The molecule has 0 heterocycles. The minimum Gasteiger partial charge on any atom is -0.323 e. The molecular formula is C8H13F2O. The topological polar surface area (TPSA) is 9.23 Å². The monoisotopic (exact) mass is 163 g/mol. The van der Waals surface area contributed by atoms with Gasteiger partial charge in [0.1, 0.15) is 0 Å². The first-order chi connectivity index (χ1) is 5.20. The van der Waals surface area contributed by atoms with Gasteiger partial charge >= 0.3 is 6.61 Å². The van der Waals surface area contributed by atoms with Gasteiger partial charge in [-0.2, -0.15) is 8.78 Å². The van der Waals surface area contributed by atoms with E-state index in [0.29, 0.717) is 12.3 Å². The van der Waals surface area contributed by atoms with Crippen LogP contribution in [0.2, 0.25) is 0 Å². The van der Waals surface area contributed by atoms with Crippen LogP contribution >= 0.6 is 0 Å². The zero-order chi connectivity index (χ0) is 8.27. The van der Waals surface area contributed by atoms with Crippen LogP contribution in [-0.2, 0) is 4.74 Å². The Kier molecular flexibility index (Phi) is 3.24. The van der Waals surface area contributed by atoms with Crippen molar-refractivity contribution in [3.63, 3.8) is 0 Å². The fraction of sp³-hybridized carbons (Fsp3) is 0.875. The van der Waals surface area contributed by atoms with E-state index in [1.165, 1.54) is 18.8 Å². The Hall–Kier alpha value is -0.180. The fourth-order valence-corrected chi connectivity index (χ4v) is 1.09. The van der Waals surface area contributed by atoms with Gasteiger partial charge in [0.2, 0.25) is 0 Å². The van der Waals surface area contributed by atoms with Crippen LogP contribution in [0.1, 0.15) is 26.2 Å². The maximum atomic E-state index is 11.5. The zero-order valence-electron chi connectivity index (χ0n) is 6.65. The molecule has 3 heteroatoms. The van der Waals surface area contributed by atoms with Crippen LogP contribution in [0.5, 0.6) is 0 Å². The summed E-state index contributed by atoms with van der Waals surface area (Å²) in [4.78, 5) is 0. The number of rotatable bonds is 5. The molecule has 1 rings (SSSR count). The molecule has 1 saturated carbocycles. The average Bonchev–Trinajstić information content (AvgIpc) is 2.66. The van der Waals surface area contributed by atoms with Crippen molar-refractivity contribution in [1.29, 1.82) is 0 Å². The Morgan fingerprint density at radius 2 is 2.18 bits per heavy atom. The molecule has 65 valence electrons. The molecule has 0 saturated heterocycles. The van der Waals surface area contributed by atoms with Gasteiger partial charge in [-0.3, -0.25) is 0 Å². The zero-order valence-corrected chi connectivity index (χ0v) is 6.65. The number of ether oxygens (including phenoxy) is 1. The van der Waals surface area contributed by atoms with Crippen molar-refractivity contribution in [3.05, 3.63) is 5.92 Å². The lowest BCUT2D eigenvalue weighted by Crippen LogP contribution is -2.05. The third-order valence-corrected chi connectivity index (χ3v) is 2.01. The second-order valence-corrected chi connectivity index (χ2v) is 3.00. The summed E-state index contributed by atoms with van der Waals surface area (Å²) in [5.41, 5.74) is 0. The molecule has 0 unspecified atom stereocenters. The van der Waals surface area contributed by atoms with Gasteiger partial charge in [0.05, 0.1) is 6.61 Å². The molecule has 0 aromatic carbocycles. The summed E-state index contributed by atoms with van der Waals surface area (Å²) in [5.74, 6) is 2.02. The maximum absolute atomic E-state index is 11.5. The first-order valence-electron chi connectivity index (χ1n) is 3.92. The first-order valence-corrected chi connectivity index (χ1v) is 3.92. The van der Waals surface area contributed by atoms with Crippen molar-refractivity contribution < 1.29 is 13.5 Å². The molecule has 0 amide bonds. The normalized spacial score (nSPS) is 18.3. The minimum atomic E-state index is -2.61. The summed E-state index contributed by atoms with van der Waals surface area (Å²) in [6, 6.07) is 0. The van der Waals surface area contributed by atoms with E-state index in [1.54, 1.807) is 0 Å². The van der Waals surface area contributed by atoms with Gasteiger partial charge in [0.25, 0.3) is 0 Å². The molecule has 0 N–H and O–H groups in total. The summed E-state index contributed by atoms with van der Waals surface area (Å²) in [7, 11) is 0. The van der Waals surface area contributed by atoms with Crippen molar-refractivity contribution in [2.75, 3.05) is 6.61 Å². The van der Waals surface area contributed by atoms with Crippen LogP contribution in [-0.4, -0.2) is 13.2 Å². The predicted molar refractivity (Wildman–Crippen MR) is 38.2 cm³/mol. The Morgan fingerprint density at radius 1 is 1.55 bits per heavy atom. The third kappa shape index (κ3) is 3.65. The Bertz CT molecular complexity index is 113. The molecule has 1 fully saturated rings. The number of halogens is 2. The first kappa shape index (κ1) is 8.91. The van der Waals surface area contributed by atoms with Crippen LogP contribution in [0.3, 0.4) is 0 Å². The highest BCUT2D eigenvalue weighted by molar-refractivity contribution is 4.99. The van der Waals surface area contributed by atoms with Crippen LogP contribution < -0.4 is 0 Å². The molecule has 11 heavy (non-hydrogen) atoms. The van der Waals surface area contributed by atoms with Gasteiger partial charge < -0.3 is 4.74 Å². The quantitative estimate of drug-likeness (QED) is 0.605. The lowest BCUT2D eigenvalue weighted by molar-refractivity contribution is -0.128. The number of hydrogen-bond donors (Lipinski definition) is 0. The SMILES string of the molecule is C[C](CCOC(F)F)C1CC1. The third-order valence-electron chi connectivity index (χ3n) is 2.01. The average molecular weight is 163 g/mol. The molecule has 0 aromatic heterocycles. The van der Waals surface area contributed by atoms with E-state index in [1.807, 2.05) is 6.92 Å². The molecule has 0 aromatic rings. The van der Waals surface area contributed by atoms with Gasteiger partial charge in [-0.25, -0.2) is 0 Å². The van der Waals surface area contributed by atoms with Crippen LogP contribution in [0.4, 0.5) is 8.78 Å². The van der Waals surface area contributed by atoms with Gasteiger partial charge in [0, 0.05) is 0 Å².